The van der Waals surface area contributed by atoms with Gasteiger partial charge in [-0.25, -0.2) is 9.97 Å². The zero-order valence-electron chi connectivity index (χ0n) is 15.4. The number of carbonyl (C=O) groups is 1. The predicted molar refractivity (Wildman–Crippen MR) is 110 cm³/mol. The molecule has 1 saturated heterocycles. The molecule has 0 atom stereocenters. The number of thiophene rings is 1. The van der Waals surface area contributed by atoms with Crippen LogP contribution < -0.4 is 5.32 Å². The van der Waals surface area contributed by atoms with Crippen LogP contribution in [0.1, 0.15) is 6.92 Å². The van der Waals surface area contributed by atoms with Crippen LogP contribution in [-0.2, 0) is 4.79 Å². The van der Waals surface area contributed by atoms with Crippen LogP contribution in [-0.4, -0.2) is 64.9 Å². The van der Waals surface area contributed by atoms with Crippen LogP contribution >= 0.6 is 11.3 Å². The van der Waals surface area contributed by atoms with E-state index in [1.165, 1.54) is 0 Å². The molecule has 1 N–H and O–H groups in total. The fourth-order valence-corrected chi connectivity index (χ4v) is 3.99. The largest absolute Gasteiger partial charge is 0.368 e. The quantitative estimate of drug-likeness (QED) is 0.736. The topological polar surface area (TPSA) is 61.4 Å². The zero-order valence-corrected chi connectivity index (χ0v) is 16.2. The molecule has 3 aromatic rings. The molecule has 1 aliphatic heterocycles. The van der Waals surface area contributed by atoms with Crippen molar-refractivity contribution in [3.8, 4) is 11.4 Å². The van der Waals surface area contributed by atoms with Crippen LogP contribution in [0.4, 0.5) is 5.82 Å². The van der Waals surface area contributed by atoms with Crippen molar-refractivity contribution in [3.05, 3.63) is 41.1 Å². The van der Waals surface area contributed by atoms with Crippen LogP contribution in [0.25, 0.3) is 22.3 Å². The molecule has 3 heterocycles. The molecule has 27 heavy (non-hydrogen) atoms. The summed E-state index contributed by atoms with van der Waals surface area (Å²) in [7, 11) is 0. The molecule has 0 bridgehead atoms. The first-order valence-electron chi connectivity index (χ1n) is 9.22. The average molecular weight is 382 g/mol. The Kier molecular flexibility index (Phi) is 5.31. The van der Waals surface area contributed by atoms with Gasteiger partial charge in [-0.15, -0.1) is 0 Å². The molecule has 0 unspecified atom stereocenters. The lowest BCUT2D eigenvalue weighted by atomic mass is 10.2. The fourth-order valence-electron chi connectivity index (χ4n) is 3.35. The van der Waals surface area contributed by atoms with E-state index in [-0.39, 0.29) is 5.91 Å². The van der Waals surface area contributed by atoms with E-state index in [4.69, 9.17) is 9.97 Å². The Bertz CT molecular complexity index is 919. The van der Waals surface area contributed by atoms with Crippen molar-refractivity contribution in [2.45, 2.75) is 6.92 Å². The Morgan fingerprint density at radius 1 is 1.15 bits per heavy atom. The van der Waals surface area contributed by atoms with Gasteiger partial charge in [-0.1, -0.05) is 12.1 Å². The molecule has 1 aromatic carbocycles. The summed E-state index contributed by atoms with van der Waals surface area (Å²) >= 11 is 1.65. The predicted octanol–water partition coefficient (Wildman–Crippen LogP) is 2.93. The van der Waals surface area contributed by atoms with Gasteiger partial charge in [0.1, 0.15) is 5.82 Å². The monoisotopic (exact) mass is 381 g/mol. The molecule has 1 fully saturated rings. The third kappa shape index (κ3) is 4.09. The number of hydrogen-bond donors (Lipinski definition) is 1. The first-order chi connectivity index (χ1) is 13.2. The molecule has 7 heteroatoms. The zero-order chi connectivity index (χ0) is 18.6. The highest BCUT2D eigenvalue weighted by Gasteiger charge is 2.18. The number of anilines is 1. The minimum Gasteiger partial charge on any atom is -0.368 e. The molecule has 0 spiro atoms. The summed E-state index contributed by atoms with van der Waals surface area (Å²) < 4.78 is 0. The average Bonchev–Trinajstić information content (AvgIpc) is 3.23. The van der Waals surface area contributed by atoms with Gasteiger partial charge in [-0.3, -0.25) is 9.69 Å². The number of nitrogens with zero attached hydrogens (tertiary/aromatic N) is 4. The molecule has 140 valence electrons. The molecule has 4 rings (SSSR count). The standard InChI is InChI=1S/C20H23N5OS/c1-15(26)25-11-9-24(10-12-25)8-7-21-20-17-4-2-3-5-18(17)22-19(23-20)16-6-13-27-14-16/h2-6,13-14H,7-12H2,1H3,(H,21,22,23). The Morgan fingerprint density at radius 2 is 1.96 bits per heavy atom. The molecule has 0 aliphatic carbocycles. The summed E-state index contributed by atoms with van der Waals surface area (Å²) in [6, 6.07) is 10.2. The number of rotatable bonds is 5. The summed E-state index contributed by atoms with van der Waals surface area (Å²) in [5.74, 6) is 1.80. The van der Waals surface area contributed by atoms with Crippen molar-refractivity contribution >= 4 is 34.0 Å². The lowest BCUT2D eigenvalue weighted by Crippen LogP contribution is -2.49. The minimum absolute atomic E-state index is 0.168. The van der Waals surface area contributed by atoms with Crippen molar-refractivity contribution in [1.82, 2.24) is 19.8 Å². The van der Waals surface area contributed by atoms with Gasteiger partial charge in [0.05, 0.1) is 5.52 Å². The summed E-state index contributed by atoms with van der Waals surface area (Å²) in [5.41, 5.74) is 2.00. The van der Waals surface area contributed by atoms with Gasteiger partial charge >= 0.3 is 0 Å². The molecular weight excluding hydrogens is 358 g/mol. The van der Waals surface area contributed by atoms with Crippen LogP contribution in [0.5, 0.6) is 0 Å². The number of aromatic nitrogens is 2. The highest BCUT2D eigenvalue weighted by Crippen LogP contribution is 2.25. The van der Waals surface area contributed by atoms with E-state index >= 15 is 0 Å². The maximum atomic E-state index is 11.4. The van der Waals surface area contributed by atoms with Gasteiger partial charge in [0.25, 0.3) is 0 Å². The lowest BCUT2D eigenvalue weighted by Gasteiger charge is -2.34. The van der Waals surface area contributed by atoms with Crippen molar-refractivity contribution in [2.75, 3.05) is 44.6 Å². The molecule has 2 aromatic heterocycles. The summed E-state index contributed by atoms with van der Waals surface area (Å²) in [4.78, 5) is 25.2. The van der Waals surface area contributed by atoms with Gasteiger partial charge in [0.15, 0.2) is 5.82 Å². The molecule has 0 radical (unpaired) electrons. The maximum absolute atomic E-state index is 11.4. The first-order valence-corrected chi connectivity index (χ1v) is 10.2. The third-order valence-corrected chi connectivity index (χ3v) is 5.60. The number of piperazine rings is 1. The Morgan fingerprint density at radius 3 is 2.70 bits per heavy atom. The Labute approximate surface area is 162 Å². The van der Waals surface area contributed by atoms with E-state index in [0.29, 0.717) is 0 Å². The number of amides is 1. The van der Waals surface area contributed by atoms with Crippen LogP contribution in [0.2, 0.25) is 0 Å². The molecular formula is C20H23N5OS. The Balaban J connectivity index is 1.45. The summed E-state index contributed by atoms with van der Waals surface area (Å²) in [5, 5.41) is 8.66. The SMILES string of the molecule is CC(=O)N1CCN(CCNc2nc(-c3ccsc3)nc3ccccc23)CC1. The van der Waals surface area contributed by atoms with E-state index in [9.17, 15) is 4.79 Å². The molecule has 0 saturated carbocycles. The van der Waals surface area contributed by atoms with Crippen LogP contribution in [0.15, 0.2) is 41.1 Å². The van der Waals surface area contributed by atoms with Gasteiger partial charge in [0.2, 0.25) is 5.91 Å². The normalized spacial score (nSPS) is 15.2. The highest BCUT2D eigenvalue weighted by molar-refractivity contribution is 7.08. The lowest BCUT2D eigenvalue weighted by molar-refractivity contribution is -0.130. The third-order valence-electron chi connectivity index (χ3n) is 4.92. The minimum atomic E-state index is 0.168. The van der Waals surface area contributed by atoms with Gasteiger partial charge < -0.3 is 10.2 Å². The molecule has 1 aliphatic rings. The van der Waals surface area contributed by atoms with Crippen molar-refractivity contribution < 1.29 is 4.79 Å². The van der Waals surface area contributed by atoms with Gasteiger partial charge in [0, 0.05) is 62.5 Å². The number of carbonyl (C=O) groups excluding carboxylic acids is 1. The number of fused-ring (bicyclic) bond motifs is 1. The highest BCUT2D eigenvalue weighted by atomic mass is 32.1. The van der Waals surface area contributed by atoms with Crippen molar-refractivity contribution in [3.63, 3.8) is 0 Å². The second-order valence-electron chi connectivity index (χ2n) is 6.70. The van der Waals surface area contributed by atoms with Gasteiger partial charge in [-0.2, -0.15) is 11.3 Å². The second-order valence-corrected chi connectivity index (χ2v) is 7.48. The summed E-state index contributed by atoms with van der Waals surface area (Å²) in [6.45, 7) is 6.85. The number of hydrogen-bond acceptors (Lipinski definition) is 6. The van der Waals surface area contributed by atoms with Crippen molar-refractivity contribution in [2.24, 2.45) is 0 Å². The van der Waals surface area contributed by atoms with E-state index in [1.807, 2.05) is 34.5 Å². The molecule has 1 amide bonds. The second kappa shape index (κ2) is 8.02. The van der Waals surface area contributed by atoms with Crippen LogP contribution in [0.3, 0.4) is 0 Å². The van der Waals surface area contributed by atoms with Crippen LogP contribution in [0, 0.1) is 0 Å². The molecule has 6 nitrogen and oxygen atoms in total. The number of para-hydroxylation sites is 1. The summed E-state index contributed by atoms with van der Waals surface area (Å²) in [6.07, 6.45) is 0. The number of benzene rings is 1. The van der Waals surface area contributed by atoms with E-state index in [2.05, 4.69) is 21.7 Å². The van der Waals surface area contributed by atoms with E-state index in [1.54, 1.807) is 18.3 Å². The van der Waals surface area contributed by atoms with E-state index in [0.717, 1.165) is 67.4 Å². The number of nitrogens with one attached hydrogen (secondary N) is 1. The smallest absolute Gasteiger partial charge is 0.219 e. The first kappa shape index (κ1) is 17.9. The maximum Gasteiger partial charge on any atom is 0.219 e. The van der Waals surface area contributed by atoms with E-state index < -0.39 is 0 Å². The fraction of sp³-hybridized carbons (Fsp3) is 0.350. The Hall–Kier alpha value is -2.51. The van der Waals surface area contributed by atoms with Gasteiger partial charge in [-0.05, 0) is 23.6 Å². The van der Waals surface area contributed by atoms with Crippen molar-refractivity contribution in [1.29, 1.82) is 0 Å².